The van der Waals surface area contributed by atoms with Gasteiger partial charge in [0.25, 0.3) is 0 Å². The number of hydrogen-bond acceptors (Lipinski definition) is 4. The first-order valence-electron chi connectivity index (χ1n) is 7.83. The fraction of sp³-hybridized carbons (Fsp3) is 0.389. The Morgan fingerprint density at radius 2 is 2.04 bits per heavy atom. The van der Waals surface area contributed by atoms with Gasteiger partial charge in [0.2, 0.25) is 11.8 Å². The van der Waals surface area contributed by atoms with E-state index in [0.29, 0.717) is 15.6 Å². The zero-order valence-electron chi connectivity index (χ0n) is 14.4. The molecule has 2 N–H and O–H groups in total. The van der Waals surface area contributed by atoms with Gasteiger partial charge in [-0.25, -0.2) is 0 Å². The standard InChI is InChI=1S/C18H20ClN3O2S/c1-18(2,3)22-16(24)10-25-17-14(9-20)13(8-15(23)21-17)11-4-6-12(19)7-5-11/h4-7,13H,8,10H2,1-3H3,(H,21,23)(H,22,24). The summed E-state index contributed by atoms with van der Waals surface area (Å²) in [6.45, 7) is 5.69. The molecule has 1 unspecified atom stereocenters. The Bertz CT molecular complexity index is 745. The van der Waals surface area contributed by atoms with Gasteiger partial charge in [0.05, 0.1) is 22.4 Å². The number of benzene rings is 1. The molecule has 5 nitrogen and oxygen atoms in total. The van der Waals surface area contributed by atoms with E-state index < -0.39 is 0 Å². The smallest absolute Gasteiger partial charge is 0.230 e. The number of nitrogens with zero attached hydrogens (tertiary/aromatic N) is 1. The van der Waals surface area contributed by atoms with E-state index in [2.05, 4.69) is 16.7 Å². The summed E-state index contributed by atoms with van der Waals surface area (Å²) in [6, 6.07) is 9.30. The van der Waals surface area contributed by atoms with Crippen molar-refractivity contribution < 1.29 is 9.59 Å². The Morgan fingerprint density at radius 1 is 1.40 bits per heavy atom. The Balaban J connectivity index is 2.21. The highest BCUT2D eigenvalue weighted by Crippen LogP contribution is 2.36. The van der Waals surface area contributed by atoms with E-state index in [9.17, 15) is 14.9 Å². The van der Waals surface area contributed by atoms with Crippen LogP contribution in [-0.2, 0) is 9.59 Å². The van der Waals surface area contributed by atoms with E-state index in [0.717, 1.165) is 5.56 Å². The monoisotopic (exact) mass is 377 g/mol. The van der Waals surface area contributed by atoms with Crippen molar-refractivity contribution in [2.24, 2.45) is 0 Å². The van der Waals surface area contributed by atoms with Crippen LogP contribution in [0.1, 0.15) is 38.7 Å². The van der Waals surface area contributed by atoms with Gasteiger partial charge < -0.3 is 10.6 Å². The van der Waals surface area contributed by atoms with Gasteiger partial charge in [-0.1, -0.05) is 35.5 Å². The minimum absolute atomic E-state index is 0.130. The lowest BCUT2D eigenvalue weighted by Crippen LogP contribution is -2.41. The quantitative estimate of drug-likeness (QED) is 0.843. The van der Waals surface area contributed by atoms with Crippen LogP contribution in [0.25, 0.3) is 0 Å². The molecule has 0 spiro atoms. The number of amides is 2. The molecule has 0 bridgehead atoms. The Kier molecular flexibility index (Phi) is 6.15. The van der Waals surface area contributed by atoms with E-state index in [1.165, 1.54) is 11.8 Å². The minimum atomic E-state index is -0.329. The van der Waals surface area contributed by atoms with Crippen molar-refractivity contribution in [1.29, 1.82) is 5.26 Å². The highest BCUT2D eigenvalue weighted by molar-refractivity contribution is 8.03. The van der Waals surface area contributed by atoms with Gasteiger partial charge in [0, 0.05) is 22.9 Å². The molecule has 7 heteroatoms. The second kappa shape index (κ2) is 7.94. The minimum Gasteiger partial charge on any atom is -0.351 e. The average Bonchev–Trinajstić information content (AvgIpc) is 2.51. The molecule has 1 aromatic carbocycles. The Labute approximate surface area is 156 Å². The molecule has 0 fully saturated rings. The zero-order chi connectivity index (χ0) is 18.6. The molecule has 132 valence electrons. The van der Waals surface area contributed by atoms with Crippen LogP contribution < -0.4 is 10.6 Å². The van der Waals surface area contributed by atoms with Gasteiger partial charge >= 0.3 is 0 Å². The highest BCUT2D eigenvalue weighted by Gasteiger charge is 2.30. The first kappa shape index (κ1) is 19.4. The van der Waals surface area contributed by atoms with Crippen LogP contribution in [0.3, 0.4) is 0 Å². The summed E-state index contributed by atoms with van der Waals surface area (Å²) in [5, 5.41) is 16.2. The fourth-order valence-corrected chi connectivity index (χ4v) is 3.51. The van der Waals surface area contributed by atoms with E-state index >= 15 is 0 Å². The number of carbonyl (C=O) groups excluding carboxylic acids is 2. The summed E-state index contributed by atoms with van der Waals surface area (Å²) < 4.78 is 0. The van der Waals surface area contributed by atoms with Gasteiger partial charge in [-0.2, -0.15) is 5.26 Å². The van der Waals surface area contributed by atoms with E-state index in [4.69, 9.17) is 11.6 Å². The maximum atomic E-state index is 12.1. The summed E-state index contributed by atoms with van der Waals surface area (Å²) in [7, 11) is 0. The van der Waals surface area contributed by atoms with Crippen LogP contribution in [0.4, 0.5) is 0 Å². The average molecular weight is 378 g/mol. The maximum absolute atomic E-state index is 12.1. The van der Waals surface area contributed by atoms with Crippen molar-refractivity contribution in [2.75, 3.05) is 5.75 Å². The summed E-state index contributed by atoms with van der Waals surface area (Å²) in [5.41, 5.74) is 0.995. The number of halogens is 1. The van der Waals surface area contributed by atoms with Crippen molar-refractivity contribution in [3.63, 3.8) is 0 Å². The third-order valence-electron chi connectivity index (χ3n) is 3.49. The van der Waals surface area contributed by atoms with Crippen LogP contribution >= 0.6 is 23.4 Å². The Hall–Kier alpha value is -1.97. The summed E-state index contributed by atoms with van der Waals surface area (Å²) in [4.78, 5) is 24.1. The third kappa shape index (κ3) is 5.52. The second-order valence-corrected chi connectivity index (χ2v) is 8.22. The molecule has 1 atom stereocenters. The number of nitriles is 1. The lowest BCUT2D eigenvalue weighted by atomic mass is 9.87. The topological polar surface area (TPSA) is 82.0 Å². The number of nitrogens with one attached hydrogen (secondary N) is 2. The summed E-state index contributed by atoms with van der Waals surface area (Å²) in [6.07, 6.45) is 0.197. The first-order chi connectivity index (χ1) is 11.7. The summed E-state index contributed by atoms with van der Waals surface area (Å²) >= 11 is 7.08. The van der Waals surface area contributed by atoms with Gasteiger partial charge in [-0.05, 0) is 38.5 Å². The lowest BCUT2D eigenvalue weighted by Gasteiger charge is -2.25. The van der Waals surface area contributed by atoms with Crippen LogP contribution in [0.2, 0.25) is 5.02 Å². The molecule has 0 aliphatic carbocycles. The lowest BCUT2D eigenvalue weighted by molar-refractivity contribution is -0.121. The van der Waals surface area contributed by atoms with Crippen LogP contribution in [0.5, 0.6) is 0 Å². The number of thioether (sulfide) groups is 1. The normalized spacial score (nSPS) is 17.7. The highest BCUT2D eigenvalue weighted by atomic mass is 35.5. The number of allylic oxidation sites excluding steroid dienone is 1. The molecule has 0 radical (unpaired) electrons. The number of carbonyl (C=O) groups is 2. The molecule has 0 aromatic heterocycles. The molecule has 1 heterocycles. The number of rotatable bonds is 4. The maximum Gasteiger partial charge on any atom is 0.230 e. The molecule has 0 saturated carbocycles. The predicted molar refractivity (Wildman–Crippen MR) is 99.9 cm³/mol. The van der Waals surface area contributed by atoms with Crippen molar-refractivity contribution in [3.8, 4) is 6.07 Å². The SMILES string of the molecule is CC(C)(C)NC(=O)CSC1=C(C#N)C(c2ccc(Cl)cc2)CC(=O)N1. The Morgan fingerprint density at radius 3 is 2.60 bits per heavy atom. The number of hydrogen-bond donors (Lipinski definition) is 2. The van der Waals surface area contributed by atoms with E-state index in [1.807, 2.05) is 32.9 Å². The van der Waals surface area contributed by atoms with Crippen molar-refractivity contribution >= 4 is 35.2 Å². The first-order valence-corrected chi connectivity index (χ1v) is 9.19. The van der Waals surface area contributed by atoms with Crippen molar-refractivity contribution in [2.45, 2.75) is 38.6 Å². The van der Waals surface area contributed by atoms with Gasteiger partial charge in [-0.3, -0.25) is 9.59 Å². The largest absolute Gasteiger partial charge is 0.351 e. The van der Waals surface area contributed by atoms with Gasteiger partial charge in [0.1, 0.15) is 0 Å². The molecule has 2 rings (SSSR count). The van der Waals surface area contributed by atoms with Crippen LogP contribution in [0.15, 0.2) is 34.9 Å². The van der Waals surface area contributed by atoms with Gasteiger partial charge in [0.15, 0.2) is 0 Å². The molecule has 1 aliphatic heterocycles. The molecule has 2 amide bonds. The summed E-state index contributed by atoms with van der Waals surface area (Å²) in [5.74, 6) is -0.516. The van der Waals surface area contributed by atoms with Crippen molar-refractivity contribution in [1.82, 2.24) is 10.6 Å². The van der Waals surface area contributed by atoms with Gasteiger partial charge in [-0.15, -0.1) is 0 Å². The zero-order valence-corrected chi connectivity index (χ0v) is 15.9. The van der Waals surface area contributed by atoms with Crippen molar-refractivity contribution in [3.05, 3.63) is 45.5 Å². The van der Waals surface area contributed by atoms with Crippen LogP contribution in [0, 0.1) is 11.3 Å². The van der Waals surface area contributed by atoms with E-state index in [-0.39, 0.29) is 35.4 Å². The molecule has 1 aliphatic rings. The molecular formula is C18H20ClN3O2S. The fourth-order valence-electron chi connectivity index (χ4n) is 2.50. The second-order valence-electron chi connectivity index (χ2n) is 6.80. The predicted octanol–water partition coefficient (Wildman–Crippen LogP) is 3.33. The molecular weight excluding hydrogens is 358 g/mol. The molecule has 0 saturated heterocycles. The van der Waals surface area contributed by atoms with Crippen LogP contribution in [-0.4, -0.2) is 23.1 Å². The third-order valence-corrected chi connectivity index (χ3v) is 4.76. The molecule has 1 aromatic rings. The van der Waals surface area contributed by atoms with E-state index in [1.54, 1.807) is 12.1 Å². The molecule has 25 heavy (non-hydrogen) atoms.